The third-order valence-electron chi connectivity index (χ3n) is 5.47. The lowest BCUT2D eigenvalue weighted by Gasteiger charge is -2.35. The predicted molar refractivity (Wildman–Crippen MR) is 113 cm³/mol. The molecule has 2 aromatic rings. The van der Waals surface area contributed by atoms with Crippen LogP contribution in [-0.4, -0.2) is 52.5 Å². The van der Waals surface area contributed by atoms with Gasteiger partial charge in [0.15, 0.2) is 0 Å². The summed E-state index contributed by atoms with van der Waals surface area (Å²) in [7, 11) is 1.70. The van der Waals surface area contributed by atoms with Gasteiger partial charge in [0.1, 0.15) is 11.6 Å². The van der Waals surface area contributed by atoms with Gasteiger partial charge in [-0.1, -0.05) is 6.07 Å². The third kappa shape index (κ3) is 4.50. The summed E-state index contributed by atoms with van der Waals surface area (Å²) in [5, 5.41) is 3.68. The summed E-state index contributed by atoms with van der Waals surface area (Å²) in [6.45, 7) is 5.11. The number of benzene rings is 2. The number of rotatable bonds is 5. The van der Waals surface area contributed by atoms with Gasteiger partial charge in [0.05, 0.1) is 20.3 Å². The van der Waals surface area contributed by atoms with Crippen molar-refractivity contribution in [1.82, 2.24) is 0 Å². The Balaban J connectivity index is 0.00000240. The summed E-state index contributed by atoms with van der Waals surface area (Å²) < 4.78 is 24.6. The largest absolute Gasteiger partial charge is 0.497 e. The summed E-state index contributed by atoms with van der Waals surface area (Å²) in [6, 6.07) is 13.5. The molecule has 0 amide bonds. The number of anilines is 3. The zero-order valence-corrected chi connectivity index (χ0v) is 16.4. The minimum Gasteiger partial charge on any atom is -0.497 e. The maximum Gasteiger partial charge on any atom is 0.125 e. The van der Waals surface area contributed by atoms with Crippen molar-refractivity contribution < 1.29 is 15.3 Å². The highest BCUT2D eigenvalue weighted by molar-refractivity contribution is 5.63. The van der Waals surface area contributed by atoms with E-state index in [1.165, 1.54) is 6.07 Å². The van der Waals surface area contributed by atoms with Gasteiger partial charge in [-0.05, 0) is 37.1 Å². The second-order valence-electron chi connectivity index (χ2n) is 7.43. The lowest BCUT2D eigenvalue weighted by molar-refractivity contribution is 0.122. The van der Waals surface area contributed by atoms with Crippen LogP contribution in [0.15, 0.2) is 42.5 Å². The normalized spacial score (nSPS) is 20.1. The smallest absolute Gasteiger partial charge is 0.125 e. The number of hydrogen-bond acceptors (Lipinski definition) is 5. The molecular formula is C22H30FN3O2. The topological polar surface area (TPSA) is 37.0 Å². The standard InChI is InChI=1S/C22H28FN3O2.H2/c1-27-22-14-19(13-21(15-22)25-8-10-28-11-9-25)24-18-5-3-7-26(16-18)20-6-2-4-17(23)12-20;/h2,4,6,12-15,18,24H,3,5,7-11,16H2,1H3;1H/t18-;/m1./s1. The Bertz CT molecular complexity index is 801. The first-order valence-electron chi connectivity index (χ1n) is 10.00. The van der Waals surface area contributed by atoms with Crippen molar-refractivity contribution in [2.45, 2.75) is 18.9 Å². The minimum atomic E-state index is -0.185. The molecule has 2 aliphatic heterocycles. The van der Waals surface area contributed by atoms with Crippen LogP contribution in [0.25, 0.3) is 0 Å². The molecule has 0 radical (unpaired) electrons. The molecule has 152 valence electrons. The van der Waals surface area contributed by atoms with Crippen molar-refractivity contribution in [2.24, 2.45) is 0 Å². The molecule has 2 aromatic carbocycles. The quantitative estimate of drug-likeness (QED) is 0.839. The van der Waals surface area contributed by atoms with Crippen molar-refractivity contribution in [3.8, 4) is 5.75 Å². The fraction of sp³-hybridized carbons (Fsp3) is 0.455. The highest BCUT2D eigenvalue weighted by Gasteiger charge is 2.21. The lowest BCUT2D eigenvalue weighted by atomic mass is 10.0. The van der Waals surface area contributed by atoms with E-state index in [9.17, 15) is 4.39 Å². The molecule has 0 unspecified atom stereocenters. The first-order chi connectivity index (χ1) is 13.7. The molecule has 0 aliphatic carbocycles. The third-order valence-corrected chi connectivity index (χ3v) is 5.47. The second-order valence-corrected chi connectivity index (χ2v) is 7.43. The highest BCUT2D eigenvalue weighted by Crippen LogP contribution is 2.29. The van der Waals surface area contributed by atoms with Gasteiger partial charge in [0.2, 0.25) is 0 Å². The van der Waals surface area contributed by atoms with Crippen molar-refractivity contribution >= 4 is 17.1 Å². The molecule has 2 fully saturated rings. The number of nitrogens with zero attached hydrogens (tertiary/aromatic N) is 2. The minimum absolute atomic E-state index is 0. The van der Waals surface area contributed by atoms with Crippen LogP contribution in [0, 0.1) is 5.82 Å². The Labute approximate surface area is 167 Å². The van der Waals surface area contributed by atoms with Crippen LogP contribution in [0.2, 0.25) is 0 Å². The monoisotopic (exact) mass is 387 g/mol. The van der Waals surface area contributed by atoms with Gasteiger partial charge in [0, 0.05) is 62.8 Å². The number of morpholine rings is 1. The van der Waals surface area contributed by atoms with E-state index in [1.807, 2.05) is 12.1 Å². The van der Waals surface area contributed by atoms with Crippen LogP contribution in [0.3, 0.4) is 0 Å². The van der Waals surface area contributed by atoms with E-state index in [0.29, 0.717) is 6.04 Å². The van der Waals surface area contributed by atoms with E-state index in [4.69, 9.17) is 9.47 Å². The number of hydrogen-bond donors (Lipinski definition) is 1. The molecule has 28 heavy (non-hydrogen) atoms. The summed E-state index contributed by atoms with van der Waals surface area (Å²) in [5.41, 5.74) is 3.17. The fourth-order valence-corrected chi connectivity index (χ4v) is 4.03. The average Bonchev–Trinajstić information content (AvgIpc) is 2.74. The van der Waals surface area contributed by atoms with Crippen molar-refractivity contribution in [2.75, 3.05) is 61.6 Å². The van der Waals surface area contributed by atoms with Crippen LogP contribution < -0.4 is 19.9 Å². The Kier molecular flexibility index (Phi) is 5.86. The first-order valence-corrected chi connectivity index (χ1v) is 10.00. The Hall–Kier alpha value is -2.47. The van der Waals surface area contributed by atoms with E-state index in [1.54, 1.807) is 19.2 Å². The predicted octanol–water partition coefficient (Wildman–Crippen LogP) is 4.00. The maximum atomic E-state index is 13.6. The van der Waals surface area contributed by atoms with Gasteiger partial charge in [-0.25, -0.2) is 4.39 Å². The van der Waals surface area contributed by atoms with Gasteiger partial charge < -0.3 is 24.6 Å². The van der Waals surface area contributed by atoms with Crippen LogP contribution in [0.1, 0.15) is 14.3 Å². The Morgan fingerprint density at radius 3 is 2.71 bits per heavy atom. The molecular weight excluding hydrogens is 357 g/mol. The molecule has 1 atom stereocenters. The van der Waals surface area contributed by atoms with E-state index in [0.717, 1.165) is 75.0 Å². The number of ether oxygens (including phenoxy) is 2. The number of halogens is 1. The zero-order valence-electron chi connectivity index (χ0n) is 16.4. The molecule has 2 heterocycles. The van der Waals surface area contributed by atoms with Gasteiger partial charge in [-0.2, -0.15) is 0 Å². The zero-order chi connectivity index (χ0) is 19.3. The molecule has 5 nitrogen and oxygen atoms in total. The molecule has 0 saturated carbocycles. The summed E-state index contributed by atoms with van der Waals surface area (Å²) in [5.74, 6) is 0.666. The summed E-state index contributed by atoms with van der Waals surface area (Å²) in [4.78, 5) is 4.59. The van der Waals surface area contributed by atoms with Crippen LogP contribution in [0.4, 0.5) is 21.5 Å². The molecule has 0 spiro atoms. The van der Waals surface area contributed by atoms with Gasteiger partial charge >= 0.3 is 0 Å². The van der Waals surface area contributed by atoms with Crippen LogP contribution >= 0.6 is 0 Å². The van der Waals surface area contributed by atoms with Gasteiger partial charge in [0.25, 0.3) is 0 Å². The lowest BCUT2D eigenvalue weighted by Crippen LogP contribution is -2.42. The van der Waals surface area contributed by atoms with Crippen LogP contribution in [-0.2, 0) is 4.74 Å². The summed E-state index contributed by atoms with van der Waals surface area (Å²) >= 11 is 0. The van der Waals surface area contributed by atoms with Gasteiger partial charge in [-0.15, -0.1) is 0 Å². The first kappa shape index (κ1) is 18.9. The molecule has 2 saturated heterocycles. The van der Waals surface area contributed by atoms with Crippen molar-refractivity contribution in [1.29, 1.82) is 0 Å². The molecule has 1 N–H and O–H groups in total. The number of nitrogens with one attached hydrogen (secondary N) is 1. The molecule has 2 aliphatic rings. The highest BCUT2D eigenvalue weighted by atomic mass is 19.1. The average molecular weight is 387 g/mol. The van der Waals surface area contributed by atoms with Crippen LogP contribution in [0.5, 0.6) is 5.75 Å². The molecule has 0 aromatic heterocycles. The van der Waals surface area contributed by atoms with Crippen molar-refractivity contribution in [3.63, 3.8) is 0 Å². The molecule has 0 bridgehead atoms. The molecule has 4 rings (SSSR count). The SMILES string of the molecule is COc1cc(N[C@@H]2CCCN(c3cccc(F)c3)C2)cc(N2CCOCC2)c1.[HH]. The number of methoxy groups -OCH3 is 1. The Morgan fingerprint density at radius 1 is 1.07 bits per heavy atom. The van der Waals surface area contributed by atoms with E-state index in [2.05, 4.69) is 27.2 Å². The fourth-order valence-electron chi connectivity index (χ4n) is 4.03. The summed E-state index contributed by atoms with van der Waals surface area (Å²) in [6.07, 6.45) is 2.17. The van der Waals surface area contributed by atoms with E-state index < -0.39 is 0 Å². The van der Waals surface area contributed by atoms with Crippen molar-refractivity contribution in [3.05, 3.63) is 48.3 Å². The maximum absolute atomic E-state index is 13.6. The molecule has 6 heteroatoms. The van der Waals surface area contributed by atoms with Gasteiger partial charge in [-0.3, -0.25) is 0 Å². The van der Waals surface area contributed by atoms with E-state index in [-0.39, 0.29) is 7.24 Å². The van der Waals surface area contributed by atoms with E-state index >= 15 is 0 Å². The number of piperidine rings is 1. The Morgan fingerprint density at radius 2 is 1.93 bits per heavy atom. The second kappa shape index (κ2) is 8.69.